The lowest BCUT2D eigenvalue weighted by molar-refractivity contribution is 0.462. The van der Waals surface area contributed by atoms with Crippen molar-refractivity contribution in [3.05, 3.63) is 0 Å². The molecule has 0 aromatic heterocycles. The predicted molar refractivity (Wildman–Crippen MR) is 55.4 cm³/mol. The maximum absolute atomic E-state index is 4.28. The fourth-order valence-corrected chi connectivity index (χ4v) is 1.33. The van der Waals surface area contributed by atoms with Crippen LogP contribution in [0.2, 0.25) is 0 Å². The molecule has 0 saturated carbocycles. The monoisotopic (exact) mass is 170 g/mol. The summed E-state index contributed by atoms with van der Waals surface area (Å²) in [6, 6.07) is 0. The minimum absolute atomic E-state index is 0.604. The molecule has 0 bridgehead atoms. The summed E-state index contributed by atoms with van der Waals surface area (Å²) in [4.78, 5) is 0. The van der Waals surface area contributed by atoms with Crippen molar-refractivity contribution in [3.8, 4) is 0 Å². The number of hydrazone groups is 1. The quantitative estimate of drug-likeness (QED) is 0.498. The first-order chi connectivity index (χ1) is 5.67. The maximum atomic E-state index is 4.28. The highest BCUT2D eigenvalue weighted by molar-refractivity contribution is 5.86. The van der Waals surface area contributed by atoms with Gasteiger partial charge in [-0.2, -0.15) is 5.10 Å². The van der Waals surface area contributed by atoms with E-state index in [0.717, 1.165) is 12.3 Å². The van der Waals surface area contributed by atoms with Crippen LogP contribution in [0.3, 0.4) is 0 Å². The van der Waals surface area contributed by atoms with Crippen molar-refractivity contribution in [1.82, 2.24) is 5.43 Å². The summed E-state index contributed by atoms with van der Waals surface area (Å²) < 4.78 is 0. The van der Waals surface area contributed by atoms with E-state index < -0.39 is 0 Å². The maximum Gasteiger partial charge on any atom is 0.0406 e. The van der Waals surface area contributed by atoms with Gasteiger partial charge in [0.05, 0.1) is 0 Å². The fourth-order valence-electron chi connectivity index (χ4n) is 1.33. The molecule has 0 aliphatic heterocycles. The molecule has 0 saturated heterocycles. The van der Waals surface area contributed by atoms with E-state index in [-0.39, 0.29) is 0 Å². The summed E-state index contributed by atoms with van der Waals surface area (Å²) in [5, 5.41) is 4.28. The molecule has 2 heteroatoms. The Kier molecular flexibility index (Phi) is 5.77. The van der Waals surface area contributed by atoms with Crippen molar-refractivity contribution >= 4 is 5.71 Å². The van der Waals surface area contributed by atoms with E-state index in [1.165, 1.54) is 12.1 Å². The number of hydrogen-bond acceptors (Lipinski definition) is 2. The van der Waals surface area contributed by atoms with Crippen LogP contribution in [0.5, 0.6) is 0 Å². The Bertz CT molecular complexity index is 141. The third-order valence-corrected chi connectivity index (χ3v) is 2.64. The summed E-state index contributed by atoms with van der Waals surface area (Å²) in [7, 11) is 1.86. The molecule has 0 aromatic carbocycles. The first-order valence-electron chi connectivity index (χ1n) is 4.90. The van der Waals surface area contributed by atoms with Gasteiger partial charge >= 0.3 is 0 Å². The van der Waals surface area contributed by atoms with Crippen molar-refractivity contribution in [2.24, 2.45) is 16.9 Å². The standard InChI is InChI=1S/C10H22N2/c1-6-8(3)9(4)10(7-2)12-11-5/h8-9,11H,6-7H2,1-5H3/b12-10+. The zero-order valence-electron chi connectivity index (χ0n) is 9.02. The summed E-state index contributed by atoms with van der Waals surface area (Å²) in [5.74, 6) is 1.34. The third kappa shape index (κ3) is 3.24. The van der Waals surface area contributed by atoms with Crippen molar-refractivity contribution in [2.45, 2.75) is 40.5 Å². The van der Waals surface area contributed by atoms with Crippen LogP contribution >= 0.6 is 0 Å². The van der Waals surface area contributed by atoms with E-state index in [0.29, 0.717) is 5.92 Å². The van der Waals surface area contributed by atoms with E-state index >= 15 is 0 Å². The van der Waals surface area contributed by atoms with Gasteiger partial charge in [0.1, 0.15) is 0 Å². The molecule has 0 amide bonds. The molecule has 0 radical (unpaired) electrons. The summed E-state index contributed by atoms with van der Waals surface area (Å²) >= 11 is 0. The molecule has 0 aliphatic carbocycles. The second kappa shape index (κ2) is 6.04. The number of hydrogen-bond donors (Lipinski definition) is 1. The Morgan fingerprint density at radius 3 is 2.25 bits per heavy atom. The van der Waals surface area contributed by atoms with Gasteiger partial charge < -0.3 is 5.43 Å². The molecule has 2 atom stereocenters. The Hall–Kier alpha value is -0.530. The van der Waals surface area contributed by atoms with Gasteiger partial charge in [0.25, 0.3) is 0 Å². The van der Waals surface area contributed by atoms with Crippen LogP contribution in [-0.4, -0.2) is 12.8 Å². The van der Waals surface area contributed by atoms with Crippen molar-refractivity contribution in [1.29, 1.82) is 0 Å². The van der Waals surface area contributed by atoms with Crippen LogP contribution in [0, 0.1) is 11.8 Å². The molecule has 0 rings (SSSR count). The van der Waals surface area contributed by atoms with Crippen molar-refractivity contribution < 1.29 is 0 Å². The molecule has 2 unspecified atom stereocenters. The molecular weight excluding hydrogens is 148 g/mol. The van der Waals surface area contributed by atoms with Crippen LogP contribution in [0.4, 0.5) is 0 Å². The average Bonchev–Trinajstić information content (AvgIpc) is 2.11. The summed E-state index contributed by atoms with van der Waals surface area (Å²) in [6.45, 7) is 8.93. The largest absolute Gasteiger partial charge is 0.313 e. The fraction of sp³-hybridized carbons (Fsp3) is 0.900. The Morgan fingerprint density at radius 1 is 1.33 bits per heavy atom. The highest BCUT2D eigenvalue weighted by Crippen LogP contribution is 2.17. The molecule has 2 nitrogen and oxygen atoms in total. The molecule has 0 spiro atoms. The van der Waals surface area contributed by atoms with E-state index in [4.69, 9.17) is 0 Å². The van der Waals surface area contributed by atoms with E-state index in [1.807, 2.05) is 7.05 Å². The van der Waals surface area contributed by atoms with Gasteiger partial charge in [-0.15, -0.1) is 0 Å². The normalized spacial score (nSPS) is 17.2. The van der Waals surface area contributed by atoms with Gasteiger partial charge in [0.15, 0.2) is 0 Å². The van der Waals surface area contributed by atoms with Crippen LogP contribution in [-0.2, 0) is 0 Å². The van der Waals surface area contributed by atoms with E-state index in [9.17, 15) is 0 Å². The van der Waals surface area contributed by atoms with Gasteiger partial charge in [-0.05, 0) is 18.3 Å². The second-order valence-corrected chi connectivity index (χ2v) is 3.35. The van der Waals surface area contributed by atoms with Crippen molar-refractivity contribution in [3.63, 3.8) is 0 Å². The van der Waals surface area contributed by atoms with Gasteiger partial charge in [-0.1, -0.05) is 34.1 Å². The van der Waals surface area contributed by atoms with Gasteiger partial charge in [-0.25, -0.2) is 0 Å². The highest BCUT2D eigenvalue weighted by atomic mass is 15.3. The first-order valence-corrected chi connectivity index (χ1v) is 4.90. The van der Waals surface area contributed by atoms with Crippen LogP contribution in [0.15, 0.2) is 5.10 Å². The number of rotatable bonds is 5. The molecule has 0 heterocycles. The number of nitrogens with zero attached hydrogens (tertiary/aromatic N) is 1. The smallest absolute Gasteiger partial charge is 0.0406 e. The third-order valence-electron chi connectivity index (χ3n) is 2.64. The van der Waals surface area contributed by atoms with Crippen LogP contribution in [0.1, 0.15) is 40.5 Å². The minimum atomic E-state index is 0.604. The highest BCUT2D eigenvalue weighted by Gasteiger charge is 2.14. The zero-order valence-corrected chi connectivity index (χ0v) is 9.02. The minimum Gasteiger partial charge on any atom is -0.313 e. The lowest BCUT2D eigenvalue weighted by Crippen LogP contribution is -2.20. The van der Waals surface area contributed by atoms with Crippen LogP contribution in [0.25, 0.3) is 0 Å². The van der Waals surface area contributed by atoms with Gasteiger partial charge in [0, 0.05) is 12.8 Å². The van der Waals surface area contributed by atoms with Gasteiger partial charge in [-0.3, -0.25) is 0 Å². The van der Waals surface area contributed by atoms with Crippen molar-refractivity contribution in [2.75, 3.05) is 7.05 Å². The van der Waals surface area contributed by atoms with E-state index in [2.05, 4.69) is 38.2 Å². The molecule has 0 fully saturated rings. The Morgan fingerprint density at radius 2 is 1.92 bits per heavy atom. The van der Waals surface area contributed by atoms with E-state index in [1.54, 1.807) is 0 Å². The summed E-state index contributed by atoms with van der Waals surface area (Å²) in [5.41, 5.74) is 4.15. The molecule has 12 heavy (non-hydrogen) atoms. The van der Waals surface area contributed by atoms with Crippen LogP contribution < -0.4 is 5.43 Å². The molecule has 1 N–H and O–H groups in total. The SMILES string of the molecule is CC/C(=N\NC)C(C)C(C)CC. The summed E-state index contributed by atoms with van der Waals surface area (Å²) in [6.07, 6.45) is 2.27. The lowest BCUT2D eigenvalue weighted by atomic mass is 9.88. The molecule has 72 valence electrons. The Labute approximate surface area is 76.4 Å². The second-order valence-electron chi connectivity index (χ2n) is 3.35. The molecule has 0 aromatic rings. The average molecular weight is 170 g/mol. The number of nitrogens with one attached hydrogen (secondary N) is 1. The topological polar surface area (TPSA) is 24.4 Å². The predicted octanol–water partition coefficient (Wildman–Crippen LogP) is 2.65. The Balaban J connectivity index is 4.20. The lowest BCUT2D eigenvalue weighted by Gasteiger charge is -2.19. The molecule has 0 aliphatic rings. The van der Waals surface area contributed by atoms with Gasteiger partial charge in [0.2, 0.25) is 0 Å². The first kappa shape index (κ1) is 11.5. The molecular formula is C10H22N2. The zero-order chi connectivity index (χ0) is 9.56.